The lowest BCUT2D eigenvalue weighted by atomic mass is 9.54. The summed E-state index contributed by atoms with van der Waals surface area (Å²) in [5.74, 6) is -1.82. The minimum Gasteiger partial charge on any atom is -0.274 e. The molecule has 2 amide bonds. The molecule has 0 aromatic heterocycles. The van der Waals surface area contributed by atoms with Gasteiger partial charge in [-0.05, 0) is 46.9 Å². The third-order valence-electron chi connectivity index (χ3n) is 6.93. The number of rotatable bonds is 1. The van der Waals surface area contributed by atoms with E-state index in [1.807, 2.05) is 61.5 Å². The Balaban J connectivity index is 1.63. The van der Waals surface area contributed by atoms with Crippen molar-refractivity contribution in [3.8, 4) is 0 Å². The first-order valence-corrected chi connectivity index (χ1v) is 10.7. The van der Waals surface area contributed by atoms with Crippen molar-refractivity contribution in [2.75, 3.05) is 4.90 Å². The summed E-state index contributed by atoms with van der Waals surface area (Å²) in [6.45, 7) is 1.88. The molecule has 30 heavy (non-hydrogen) atoms. The average Bonchev–Trinajstić information content (AvgIpc) is 3.02. The molecule has 5 heteroatoms. The lowest BCUT2D eigenvalue weighted by Gasteiger charge is -2.50. The predicted molar refractivity (Wildman–Crippen MR) is 117 cm³/mol. The molecule has 3 aliphatic carbocycles. The minimum atomic E-state index is -1.07. The van der Waals surface area contributed by atoms with Gasteiger partial charge in [-0.25, -0.2) is 4.90 Å². The van der Waals surface area contributed by atoms with Gasteiger partial charge in [0, 0.05) is 10.9 Å². The second-order valence-electron chi connectivity index (χ2n) is 8.31. The van der Waals surface area contributed by atoms with Gasteiger partial charge in [0.1, 0.15) is 4.87 Å². The molecule has 0 radical (unpaired) electrons. The monoisotopic (exact) mass is 433 g/mol. The number of carbonyl (C=O) groups is 2. The van der Waals surface area contributed by atoms with Gasteiger partial charge in [-0.15, -0.1) is 11.6 Å². The molecule has 1 saturated heterocycles. The second-order valence-corrected chi connectivity index (χ2v) is 9.34. The Hall–Kier alpha value is -2.62. The van der Waals surface area contributed by atoms with Crippen molar-refractivity contribution < 1.29 is 9.59 Å². The van der Waals surface area contributed by atoms with Gasteiger partial charge < -0.3 is 0 Å². The van der Waals surface area contributed by atoms with Crippen LogP contribution in [0, 0.1) is 18.8 Å². The lowest BCUT2D eigenvalue weighted by Crippen LogP contribution is -2.50. The van der Waals surface area contributed by atoms with Crippen molar-refractivity contribution >= 4 is 40.7 Å². The molecule has 4 aliphatic rings. The van der Waals surface area contributed by atoms with Gasteiger partial charge in [0.2, 0.25) is 11.8 Å². The van der Waals surface area contributed by atoms with Gasteiger partial charge in [0.05, 0.1) is 17.5 Å². The molecule has 1 heterocycles. The maximum absolute atomic E-state index is 13.8. The fraction of sp³-hybridized carbons (Fsp3) is 0.200. The molecule has 148 valence electrons. The summed E-state index contributed by atoms with van der Waals surface area (Å²) >= 11 is 13.6. The van der Waals surface area contributed by atoms with E-state index in [-0.39, 0.29) is 17.7 Å². The maximum atomic E-state index is 13.8. The predicted octanol–water partition coefficient (Wildman–Crippen LogP) is 5.40. The normalized spacial score (nSPS) is 28.4. The van der Waals surface area contributed by atoms with Crippen LogP contribution >= 0.6 is 23.2 Å². The summed E-state index contributed by atoms with van der Waals surface area (Å²) < 4.78 is 0. The van der Waals surface area contributed by atoms with E-state index in [1.165, 1.54) is 4.90 Å². The standard InChI is InChI=1S/C25H17Cl2NO2/c1-13-10-11-14(26)12-19(13)28-23(29)21-20-15-6-2-4-8-17(15)25(27,22(21)24(28)30)18-9-5-3-7-16(18)20/h2-12,20-22H,1H3/t20?,21-,22-,25?/m1/s1. The van der Waals surface area contributed by atoms with E-state index >= 15 is 0 Å². The fourth-order valence-electron chi connectivity index (χ4n) is 5.74. The molecule has 0 unspecified atom stereocenters. The number of hydrogen-bond donors (Lipinski definition) is 0. The second kappa shape index (κ2) is 5.96. The van der Waals surface area contributed by atoms with Crippen LogP contribution < -0.4 is 4.90 Å². The van der Waals surface area contributed by atoms with Gasteiger partial charge in [-0.3, -0.25) is 9.59 Å². The van der Waals surface area contributed by atoms with Crippen LogP contribution in [0.1, 0.15) is 33.7 Å². The SMILES string of the molecule is Cc1ccc(Cl)cc1N1C(=O)[C@@H]2C3c4ccccc4C(Cl)(c4ccccc43)[C@H]2C1=O. The topological polar surface area (TPSA) is 37.4 Å². The van der Waals surface area contributed by atoms with Gasteiger partial charge >= 0.3 is 0 Å². The number of anilines is 1. The zero-order valence-corrected chi connectivity index (χ0v) is 17.6. The zero-order valence-electron chi connectivity index (χ0n) is 16.1. The molecule has 0 N–H and O–H groups in total. The van der Waals surface area contributed by atoms with Crippen LogP contribution in [0.3, 0.4) is 0 Å². The van der Waals surface area contributed by atoms with Crippen LogP contribution in [0.5, 0.6) is 0 Å². The van der Waals surface area contributed by atoms with Crippen molar-refractivity contribution in [3.63, 3.8) is 0 Å². The molecule has 2 bridgehead atoms. The molecule has 3 aromatic carbocycles. The van der Waals surface area contributed by atoms with Gasteiger partial charge in [-0.2, -0.15) is 0 Å². The summed E-state index contributed by atoms with van der Waals surface area (Å²) in [5.41, 5.74) is 5.31. The Morgan fingerprint density at radius 1 is 0.867 bits per heavy atom. The highest BCUT2D eigenvalue weighted by Crippen LogP contribution is 2.65. The van der Waals surface area contributed by atoms with E-state index in [4.69, 9.17) is 23.2 Å². The van der Waals surface area contributed by atoms with Crippen molar-refractivity contribution in [1.82, 2.24) is 0 Å². The quantitative estimate of drug-likeness (QED) is 0.380. The largest absolute Gasteiger partial charge is 0.274 e. The van der Waals surface area contributed by atoms with E-state index in [0.29, 0.717) is 10.7 Å². The van der Waals surface area contributed by atoms with Crippen molar-refractivity contribution in [2.24, 2.45) is 11.8 Å². The Kier molecular flexibility index (Phi) is 3.61. The Labute approximate surface area is 184 Å². The molecular weight excluding hydrogens is 417 g/mol. The smallest absolute Gasteiger partial charge is 0.240 e. The molecule has 0 saturated carbocycles. The molecule has 7 rings (SSSR count). The number of alkyl halides is 1. The van der Waals surface area contributed by atoms with E-state index in [0.717, 1.165) is 27.8 Å². The molecule has 0 spiro atoms. The number of nitrogens with zero attached hydrogens (tertiary/aromatic N) is 1. The first-order valence-electron chi connectivity index (χ1n) is 9.96. The first kappa shape index (κ1) is 18.2. The molecular formula is C25H17Cl2NO2. The van der Waals surface area contributed by atoms with Crippen LogP contribution in [0.4, 0.5) is 5.69 Å². The van der Waals surface area contributed by atoms with Crippen LogP contribution in [0.15, 0.2) is 66.7 Å². The number of halogens is 2. The van der Waals surface area contributed by atoms with E-state index in [2.05, 4.69) is 0 Å². The van der Waals surface area contributed by atoms with Crippen LogP contribution in [0.25, 0.3) is 0 Å². The van der Waals surface area contributed by atoms with Gasteiger partial charge in [0.25, 0.3) is 0 Å². The highest BCUT2D eigenvalue weighted by Gasteiger charge is 2.68. The van der Waals surface area contributed by atoms with E-state index < -0.39 is 16.7 Å². The first-order chi connectivity index (χ1) is 14.4. The lowest BCUT2D eigenvalue weighted by molar-refractivity contribution is -0.122. The van der Waals surface area contributed by atoms with Gasteiger partial charge in [0.15, 0.2) is 0 Å². The number of hydrogen-bond acceptors (Lipinski definition) is 2. The Morgan fingerprint density at radius 3 is 2.10 bits per heavy atom. The van der Waals surface area contributed by atoms with Crippen LogP contribution in [-0.4, -0.2) is 11.8 Å². The average molecular weight is 434 g/mol. The Morgan fingerprint density at radius 2 is 1.47 bits per heavy atom. The number of imide groups is 1. The summed E-state index contributed by atoms with van der Waals surface area (Å²) in [7, 11) is 0. The third-order valence-corrected chi connectivity index (χ3v) is 7.80. The third kappa shape index (κ3) is 2.02. The van der Waals surface area contributed by atoms with Crippen LogP contribution in [0.2, 0.25) is 5.02 Å². The molecule has 1 aliphatic heterocycles. The fourth-order valence-corrected chi connectivity index (χ4v) is 6.48. The van der Waals surface area contributed by atoms with Gasteiger partial charge in [-0.1, -0.05) is 66.2 Å². The summed E-state index contributed by atoms with van der Waals surface area (Å²) in [6, 6.07) is 21.2. The van der Waals surface area contributed by atoms with E-state index in [1.54, 1.807) is 12.1 Å². The molecule has 3 nitrogen and oxygen atoms in total. The summed E-state index contributed by atoms with van der Waals surface area (Å²) in [6.07, 6.45) is 0. The summed E-state index contributed by atoms with van der Waals surface area (Å²) in [4.78, 5) is 27.8. The Bertz CT molecular complexity index is 1220. The number of amides is 2. The van der Waals surface area contributed by atoms with E-state index in [9.17, 15) is 9.59 Å². The highest BCUT2D eigenvalue weighted by molar-refractivity contribution is 6.34. The van der Waals surface area contributed by atoms with Crippen molar-refractivity contribution in [3.05, 3.63) is 99.6 Å². The summed E-state index contributed by atoms with van der Waals surface area (Å²) in [5, 5.41) is 0.487. The molecule has 2 atom stereocenters. The van der Waals surface area contributed by atoms with Crippen LogP contribution in [-0.2, 0) is 14.5 Å². The van der Waals surface area contributed by atoms with Crippen molar-refractivity contribution in [2.45, 2.75) is 17.7 Å². The minimum absolute atomic E-state index is 0.191. The number of aryl methyl sites for hydroxylation is 1. The molecule has 1 fully saturated rings. The van der Waals surface area contributed by atoms with Crippen molar-refractivity contribution in [1.29, 1.82) is 0 Å². The number of benzene rings is 3. The maximum Gasteiger partial charge on any atom is 0.240 e. The zero-order chi connectivity index (χ0) is 20.8. The highest BCUT2D eigenvalue weighted by atomic mass is 35.5. The number of carbonyl (C=O) groups excluding carboxylic acids is 2. The molecule has 3 aromatic rings.